The topological polar surface area (TPSA) is 62.6 Å². The van der Waals surface area contributed by atoms with Gasteiger partial charge in [-0.3, -0.25) is 9.59 Å². The quantitative estimate of drug-likeness (QED) is 0.588. The molecule has 0 spiro atoms. The summed E-state index contributed by atoms with van der Waals surface area (Å²) in [5.74, 6) is 5.52. The van der Waals surface area contributed by atoms with Crippen LogP contribution in [-0.2, 0) is 9.59 Å². The molecule has 1 saturated heterocycles. The highest BCUT2D eigenvalue weighted by Crippen LogP contribution is 2.61. The summed E-state index contributed by atoms with van der Waals surface area (Å²) >= 11 is 0. The number of β-lactam (4-membered cyclic amide) rings is 1. The second-order valence-corrected chi connectivity index (χ2v) is 14.0. The van der Waals surface area contributed by atoms with Crippen LogP contribution in [0.5, 0.6) is 0 Å². The van der Waals surface area contributed by atoms with E-state index in [0.717, 1.165) is 79.8 Å². The standard InChI is InChI=1S/C30H38N2O3/c33-26-18-30(4-3-25-2-1-5-35-25,32(26)29-15-22-9-23(16-29)11-24(10-22)17-29)27(34)31-28-12-19-6-20(13-28)8-21(7-19)14-28/h1-5,19-24H,6-18H2,(H,31,34). The SMILES string of the molecule is O=C1CC(C=Cc2ccco2)(C(=O)NC23CC4CC(CC(C4)C2)C3)N1C12CC3CC(CC(C3)C1)C2. The van der Waals surface area contributed by atoms with Crippen LogP contribution in [0.15, 0.2) is 28.9 Å². The molecule has 1 aromatic rings. The van der Waals surface area contributed by atoms with Gasteiger partial charge < -0.3 is 14.6 Å². The molecule has 9 aliphatic rings. The molecular formula is C30H38N2O3. The molecule has 1 N–H and O–H groups in total. The molecule has 0 radical (unpaired) electrons. The van der Waals surface area contributed by atoms with Crippen LogP contribution in [0, 0.1) is 35.5 Å². The maximum absolute atomic E-state index is 14.5. The van der Waals surface area contributed by atoms with Crippen LogP contribution in [0.2, 0.25) is 0 Å². The Morgan fingerprint density at radius 1 is 0.886 bits per heavy atom. The highest BCUT2D eigenvalue weighted by Gasteiger charge is 2.67. The van der Waals surface area contributed by atoms with E-state index in [-0.39, 0.29) is 22.9 Å². The van der Waals surface area contributed by atoms with Crippen LogP contribution in [0.1, 0.15) is 89.2 Å². The van der Waals surface area contributed by atoms with E-state index in [1.807, 2.05) is 24.3 Å². The fraction of sp³-hybridized carbons (Fsp3) is 0.733. The number of amides is 2. The molecule has 8 saturated carbocycles. The maximum Gasteiger partial charge on any atom is 0.251 e. The number of rotatable bonds is 5. The summed E-state index contributed by atoms with van der Waals surface area (Å²) in [5, 5.41) is 3.67. The van der Waals surface area contributed by atoms with Gasteiger partial charge in [0.1, 0.15) is 11.3 Å². The molecule has 1 aliphatic heterocycles. The smallest absolute Gasteiger partial charge is 0.251 e. The zero-order valence-electron chi connectivity index (χ0n) is 20.7. The molecule has 8 bridgehead atoms. The summed E-state index contributed by atoms with van der Waals surface area (Å²) in [6.07, 6.45) is 20.7. The van der Waals surface area contributed by atoms with Crippen LogP contribution in [0.3, 0.4) is 0 Å². The summed E-state index contributed by atoms with van der Waals surface area (Å²) in [7, 11) is 0. The van der Waals surface area contributed by atoms with Crippen molar-refractivity contribution in [3.05, 3.63) is 30.2 Å². The number of likely N-dealkylation sites (tertiary alicyclic amines) is 1. The number of hydrogen-bond donors (Lipinski definition) is 1. The molecule has 186 valence electrons. The minimum absolute atomic E-state index is 0.0524. The van der Waals surface area contributed by atoms with Crippen molar-refractivity contribution in [2.24, 2.45) is 35.5 Å². The van der Waals surface area contributed by atoms with E-state index in [0.29, 0.717) is 6.42 Å². The third-order valence-corrected chi connectivity index (χ3v) is 11.4. The summed E-state index contributed by atoms with van der Waals surface area (Å²) in [6.45, 7) is 0. The van der Waals surface area contributed by atoms with Gasteiger partial charge in [-0.2, -0.15) is 0 Å². The first kappa shape index (κ1) is 21.1. The van der Waals surface area contributed by atoms with Gasteiger partial charge in [0.25, 0.3) is 5.91 Å². The van der Waals surface area contributed by atoms with Crippen molar-refractivity contribution in [1.29, 1.82) is 0 Å². The Balaban J connectivity index is 1.16. The minimum atomic E-state index is -0.876. The van der Waals surface area contributed by atoms with E-state index >= 15 is 0 Å². The van der Waals surface area contributed by atoms with Crippen molar-refractivity contribution in [3.63, 3.8) is 0 Å². The Morgan fingerprint density at radius 2 is 1.43 bits per heavy atom. The van der Waals surface area contributed by atoms with Gasteiger partial charge in [-0.1, -0.05) is 0 Å². The van der Waals surface area contributed by atoms with Crippen LogP contribution in [0.25, 0.3) is 6.08 Å². The van der Waals surface area contributed by atoms with Crippen molar-refractivity contribution in [3.8, 4) is 0 Å². The van der Waals surface area contributed by atoms with Gasteiger partial charge in [-0.25, -0.2) is 0 Å². The first-order chi connectivity index (χ1) is 16.9. The first-order valence-corrected chi connectivity index (χ1v) is 14.3. The van der Waals surface area contributed by atoms with Gasteiger partial charge >= 0.3 is 0 Å². The summed E-state index contributed by atoms with van der Waals surface area (Å²) in [5.41, 5.74) is -1.06. The Bertz CT molecular complexity index is 1020. The molecule has 9 fully saturated rings. The van der Waals surface area contributed by atoms with Crippen LogP contribution in [0.4, 0.5) is 0 Å². The van der Waals surface area contributed by atoms with Gasteiger partial charge in [0.2, 0.25) is 5.91 Å². The van der Waals surface area contributed by atoms with Crippen molar-refractivity contribution < 1.29 is 14.0 Å². The van der Waals surface area contributed by atoms with Gasteiger partial charge in [0.05, 0.1) is 12.7 Å². The summed E-state index contributed by atoms with van der Waals surface area (Å²) in [6, 6.07) is 3.81. The molecule has 8 aliphatic carbocycles. The van der Waals surface area contributed by atoms with E-state index in [1.165, 1.54) is 38.5 Å². The zero-order valence-corrected chi connectivity index (χ0v) is 20.7. The normalized spacial score (nSPS) is 49.1. The van der Waals surface area contributed by atoms with Crippen LogP contribution in [-0.4, -0.2) is 33.3 Å². The van der Waals surface area contributed by atoms with E-state index < -0.39 is 5.54 Å². The van der Waals surface area contributed by atoms with Crippen molar-refractivity contribution >= 4 is 17.9 Å². The monoisotopic (exact) mass is 474 g/mol. The number of nitrogens with zero attached hydrogens (tertiary/aromatic N) is 1. The van der Waals surface area contributed by atoms with Crippen LogP contribution >= 0.6 is 0 Å². The Labute approximate surface area is 208 Å². The number of carbonyl (C=O) groups excluding carboxylic acids is 2. The van der Waals surface area contributed by atoms with E-state index in [1.54, 1.807) is 6.26 Å². The number of carbonyl (C=O) groups is 2. The summed E-state index contributed by atoms with van der Waals surface area (Å²) < 4.78 is 5.60. The molecule has 10 rings (SSSR count). The highest BCUT2D eigenvalue weighted by molar-refractivity contribution is 6.04. The van der Waals surface area contributed by atoms with Gasteiger partial charge in [-0.15, -0.1) is 0 Å². The number of furan rings is 1. The number of nitrogens with one attached hydrogen (secondary N) is 1. The lowest BCUT2D eigenvalue weighted by Gasteiger charge is -2.67. The average Bonchev–Trinajstić information content (AvgIpc) is 3.27. The lowest BCUT2D eigenvalue weighted by Crippen LogP contribution is -2.79. The lowest BCUT2D eigenvalue weighted by molar-refractivity contribution is -0.192. The Hall–Kier alpha value is -2.04. The van der Waals surface area contributed by atoms with E-state index in [2.05, 4.69) is 10.2 Å². The fourth-order valence-electron chi connectivity index (χ4n) is 11.2. The maximum atomic E-state index is 14.5. The van der Waals surface area contributed by atoms with Crippen molar-refractivity contribution in [2.45, 2.75) is 100 Å². The molecule has 35 heavy (non-hydrogen) atoms. The largest absolute Gasteiger partial charge is 0.465 e. The minimum Gasteiger partial charge on any atom is -0.465 e. The first-order valence-electron chi connectivity index (χ1n) is 14.3. The lowest BCUT2D eigenvalue weighted by atomic mass is 9.51. The highest BCUT2D eigenvalue weighted by atomic mass is 16.3. The fourth-order valence-corrected chi connectivity index (χ4v) is 11.2. The van der Waals surface area contributed by atoms with Gasteiger partial charge in [0.15, 0.2) is 0 Å². The molecule has 5 nitrogen and oxygen atoms in total. The molecule has 5 heteroatoms. The Morgan fingerprint density at radius 3 is 1.91 bits per heavy atom. The number of hydrogen-bond acceptors (Lipinski definition) is 3. The molecule has 2 heterocycles. The van der Waals surface area contributed by atoms with E-state index in [9.17, 15) is 9.59 Å². The third kappa shape index (κ3) is 3.05. The molecule has 0 aromatic carbocycles. The zero-order chi connectivity index (χ0) is 23.4. The average molecular weight is 475 g/mol. The molecule has 1 unspecified atom stereocenters. The van der Waals surface area contributed by atoms with Gasteiger partial charge in [0, 0.05) is 11.1 Å². The summed E-state index contributed by atoms with van der Waals surface area (Å²) in [4.78, 5) is 30.0. The molecular weight excluding hydrogens is 436 g/mol. The molecule has 2 amide bonds. The van der Waals surface area contributed by atoms with Gasteiger partial charge in [-0.05, 0) is 137 Å². The molecule has 1 atom stereocenters. The second kappa shape index (κ2) is 7.04. The molecule has 1 aromatic heterocycles. The third-order valence-electron chi connectivity index (χ3n) is 11.4. The van der Waals surface area contributed by atoms with Crippen molar-refractivity contribution in [1.82, 2.24) is 10.2 Å². The predicted molar refractivity (Wildman–Crippen MR) is 132 cm³/mol. The second-order valence-electron chi connectivity index (χ2n) is 14.0. The van der Waals surface area contributed by atoms with Crippen molar-refractivity contribution in [2.75, 3.05) is 0 Å². The van der Waals surface area contributed by atoms with Crippen LogP contribution < -0.4 is 5.32 Å². The van der Waals surface area contributed by atoms with E-state index in [4.69, 9.17) is 4.42 Å². The Kier molecular flexibility index (Phi) is 4.24. The predicted octanol–water partition coefficient (Wildman–Crippen LogP) is 5.32.